The Hall–Kier alpha value is -0.629. The van der Waals surface area contributed by atoms with E-state index < -0.39 is 6.19 Å². The zero-order valence-electron chi connectivity index (χ0n) is 7.77. The number of hydrogen-bond donors (Lipinski definition) is 0. The van der Waals surface area contributed by atoms with E-state index in [1.54, 1.807) is 0 Å². The van der Waals surface area contributed by atoms with Crippen molar-refractivity contribution in [2.24, 2.45) is 0 Å². The van der Waals surface area contributed by atoms with Crippen LogP contribution < -0.4 is 10.4 Å². The van der Waals surface area contributed by atoms with Crippen LogP contribution in [0.1, 0.15) is 0 Å². The first kappa shape index (κ1) is 9.91. The van der Waals surface area contributed by atoms with Crippen molar-refractivity contribution in [2.75, 3.05) is 0 Å². The van der Waals surface area contributed by atoms with Crippen LogP contribution in [0.5, 0.6) is 0 Å². The van der Waals surface area contributed by atoms with Gasteiger partial charge in [-0.15, -0.1) is 0 Å². The van der Waals surface area contributed by atoms with E-state index in [4.69, 9.17) is 0 Å². The molecule has 0 saturated carbocycles. The molecule has 0 saturated heterocycles. The van der Waals surface area contributed by atoms with Gasteiger partial charge in [-0.1, -0.05) is 0 Å². The van der Waals surface area contributed by atoms with Crippen LogP contribution in [0.3, 0.4) is 0 Å². The number of rotatable bonds is 2. The molecule has 0 aliphatic carbocycles. The first-order chi connectivity index (χ1) is 6.88. The Balaban J connectivity index is 2.35. The molecule has 0 spiro atoms. The molecule has 14 heavy (non-hydrogen) atoms. The van der Waals surface area contributed by atoms with Gasteiger partial charge < -0.3 is 0 Å². The number of hydrogen-bond acceptors (Lipinski definition) is 0. The predicted octanol–water partition coefficient (Wildman–Crippen LogP) is 1.34. The first-order valence-electron chi connectivity index (χ1n) is 4.57. The molecule has 2 aromatic carbocycles. The van der Waals surface area contributed by atoms with Crippen LogP contribution in [0, 0.1) is 0 Å². The van der Waals surface area contributed by atoms with Gasteiger partial charge in [0.25, 0.3) is 0 Å². The van der Waals surface area contributed by atoms with Crippen molar-refractivity contribution < 1.29 is 19.2 Å². The van der Waals surface area contributed by atoms with E-state index in [0.29, 0.717) is 0 Å². The fourth-order valence-electron chi connectivity index (χ4n) is 1.38. The molecule has 0 heterocycles. The average Bonchev–Trinajstić information content (AvgIpc) is 2.30. The van der Waals surface area contributed by atoms with Crippen molar-refractivity contribution in [3.63, 3.8) is 0 Å². The summed E-state index contributed by atoms with van der Waals surface area (Å²) in [5, 5.41) is 2.95. The zero-order chi connectivity index (χ0) is 9.80. The second-order valence-corrected chi connectivity index (χ2v) is 7.35. The molecule has 0 aliphatic heterocycles. The van der Waals surface area contributed by atoms with Gasteiger partial charge in [0.05, 0.1) is 0 Å². The molecule has 0 bridgehead atoms. The molecular weight excluding hydrogens is 220 g/mol. The van der Waals surface area contributed by atoms with Gasteiger partial charge >= 0.3 is 96.4 Å². The Morgan fingerprint density at radius 2 is 1.00 bits per heavy atom. The second kappa shape index (κ2) is 4.74. The fourth-order valence-corrected chi connectivity index (χ4v) is 4.32. The molecule has 0 aliphatic rings. The minimum absolute atomic E-state index is 0.545. The summed E-state index contributed by atoms with van der Waals surface area (Å²) in [6.07, 6.45) is -0.545. The summed E-state index contributed by atoms with van der Waals surface area (Å²) < 4.78 is 0. The van der Waals surface area contributed by atoms with Crippen molar-refractivity contribution in [2.45, 2.75) is 0 Å². The maximum absolute atomic E-state index is 2.34. The van der Waals surface area contributed by atoms with Gasteiger partial charge in [-0.3, -0.25) is 0 Å². The molecule has 0 N–H and O–H groups in total. The van der Waals surface area contributed by atoms with Crippen molar-refractivity contribution in [1.29, 1.82) is 0 Å². The van der Waals surface area contributed by atoms with Crippen molar-refractivity contribution in [1.82, 2.24) is 0 Å². The van der Waals surface area contributed by atoms with Crippen LogP contribution in [0.15, 0.2) is 60.7 Å². The molecule has 0 radical (unpaired) electrons. The molecule has 0 atom stereocenters. The van der Waals surface area contributed by atoms with Crippen LogP contribution in [0.2, 0.25) is 0 Å². The Kier molecular flexibility index (Phi) is 3.35. The molecule has 0 unspecified atom stereocenters. The van der Waals surface area contributed by atoms with E-state index in [1.807, 2.05) is 0 Å². The summed E-state index contributed by atoms with van der Waals surface area (Å²) in [4.78, 5) is 0. The van der Waals surface area contributed by atoms with E-state index in [0.717, 1.165) is 0 Å². The average molecular weight is 230 g/mol. The molecule has 2 aromatic rings. The van der Waals surface area contributed by atoms with Crippen molar-refractivity contribution in [3.8, 4) is 0 Å². The van der Waals surface area contributed by atoms with Gasteiger partial charge in [0.1, 0.15) is 0 Å². The van der Waals surface area contributed by atoms with Gasteiger partial charge in [-0.05, 0) is 0 Å². The molecule has 2 rings (SSSR count). The van der Waals surface area contributed by atoms with Gasteiger partial charge in [-0.2, -0.15) is 0 Å². The van der Waals surface area contributed by atoms with Crippen LogP contribution in [-0.2, 0) is 19.2 Å². The third-order valence-corrected chi connectivity index (χ3v) is 6.65. The third kappa shape index (κ3) is 2.24. The Morgan fingerprint density at radius 1 is 0.643 bits per heavy atom. The summed E-state index contributed by atoms with van der Waals surface area (Å²) in [6, 6.07) is 21.5. The van der Waals surface area contributed by atoms with Gasteiger partial charge in [0, 0.05) is 0 Å². The molecule has 0 nitrogen and oxygen atoms in total. The van der Waals surface area contributed by atoms with Gasteiger partial charge in [0.15, 0.2) is 0 Å². The Bertz CT molecular complexity index is 381. The fraction of sp³-hybridized carbons (Fsp3) is 0. The quantitative estimate of drug-likeness (QED) is 0.683. The minimum atomic E-state index is -0.545. The van der Waals surface area contributed by atoms with Gasteiger partial charge in [0.2, 0.25) is 0 Å². The van der Waals surface area contributed by atoms with Crippen molar-refractivity contribution in [3.05, 3.63) is 60.7 Å². The summed E-state index contributed by atoms with van der Waals surface area (Å²) >= 11 is 2.34. The third-order valence-electron chi connectivity index (χ3n) is 2.12. The molecule has 64 valence electrons. The van der Waals surface area contributed by atoms with E-state index in [1.165, 1.54) is 10.4 Å². The Morgan fingerprint density at radius 3 is 1.36 bits per heavy atom. The van der Waals surface area contributed by atoms with E-state index in [-0.39, 0.29) is 0 Å². The SMILES string of the molecule is [Ti+2]=[Si](c1ccccc1)c1ccccc1. The summed E-state index contributed by atoms with van der Waals surface area (Å²) in [5.74, 6) is 0. The van der Waals surface area contributed by atoms with Crippen LogP contribution >= 0.6 is 0 Å². The van der Waals surface area contributed by atoms with E-state index >= 15 is 0 Å². The number of benzene rings is 2. The molecule has 2 heteroatoms. The van der Waals surface area contributed by atoms with Crippen LogP contribution in [0.25, 0.3) is 0 Å². The summed E-state index contributed by atoms with van der Waals surface area (Å²) in [5.41, 5.74) is 0. The summed E-state index contributed by atoms with van der Waals surface area (Å²) in [6.45, 7) is 0. The second-order valence-electron chi connectivity index (χ2n) is 3.11. The monoisotopic (exact) mass is 230 g/mol. The maximum atomic E-state index is 2.34. The molecule has 0 fully saturated rings. The normalized spacial score (nSPS) is 9.86. The summed E-state index contributed by atoms with van der Waals surface area (Å²) in [7, 11) is 0. The zero-order valence-corrected chi connectivity index (χ0v) is 10.3. The van der Waals surface area contributed by atoms with E-state index in [9.17, 15) is 0 Å². The Labute approximate surface area is 96.2 Å². The standard InChI is InChI=1S/C12H10Si.Ti/c1-3-7-11(8-4-1)13-12-9-5-2-6-10-12;/h1-10H;/q;+2. The van der Waals surface area contributed by atoms with Crippen LogP contribution in [-0.4, -0.2) is 6.19 Å². The first-order valence-corrected chi connectivity index (χ1v) is 8.41. The van der Waals surface area contributed by atoms with E-state index in [2.05, 4.69) is 79.8 Å². The molecule has 0 aromatic heterocycles. The van der Waals surface area contributed by atoms with Crippen molar-refractivity contribution >= 4 is 16.6 Å². The molecular formula is C12H10SiTi+2. The topological polar surface area (TPSA) is 0 Å². The predicted molar refractivity (Wildman–Crippen MR) is 57.9 cm³/mol. The van der Waals surface area contributed by atoms with Crippen LogP contribution in [0.4, 0.5) is 0 Å². The van der Waals surface area contributed by atoms with Gasteiger partial charge in [-0.25, -0.2) is 0 Å². The molecule has 0 amide bonds.